The Morgan fingerprint density at radius 2 is 1.93 bits per heavy atom. The average molecular weight is 413 g/mol. The molecule has 1 aliphatic heterocycles. The molecule has 29 heavy (non-hydrogen) atoms. The zero-order valence-corrected chi connectivity index (χ0v) is 18.1. The summed E-state index contributed by atoms with van der Waals surface area (Å²) in [6, 6.07) is 10.5. The van der Waals surface area contributed by atoms with Gasteiger partial charge in [-0.3, -0.25) is 9.59 Å². The zero-order chi connectivity index (χ0) is 20.4. The van der Waals surface area contributed by atoms with Crippen molar-refractivity contribution in [3.05, 3.63) is 51.9 Å². The minimum Gasteiger partial charge on any atom is -0.328 e. The molecule has 0 saturated carbocycles. The second kappa shape index (κ2) is 8.67. The Morgan fingerprint density at radius 3 is 2.62 bits per heavy atom. The van der Waals surface area contributed by atoms with Gasteiger partial charge in [-0.05, 0) is 30.7 Å². The van der Waals surface area contributed by atoms with E-state index in [9.17, 15) is 9.59 Å². The summed E-state index contributed by atoms with van der Waals surface area (Å²) >= 11 is 1.60. The first-order chi connectivity index (χ1) is 14.0. The minimum absolute atomic E-state index is 0.0968. The standard InChI is InChI=1S/C23H29N3O2S/c1-16-8-9-19-20(14-16)29-22(24-17(2)27)21(19)23(28)26-12-10-25(11-13-26)15-18-6-4-3-5-7-18/h3-7,16H,8-15H2,1-2H3,(H,24,27)/p+1/t16-/m0/s1. The van der Waals surface area contributed by atoms with Crippen LogP contribution in [0, 0.1) is 5.92 Å². The van der Waals surface area contributed by atoms with Crippen molar-refractivity contribution in [1.82, 2.24) is 4.90 Å². The van der Waals surface area contributed by atoms with E-state index in [2.05, 4.69) is 36.5 Å². The first kappa shape index (κ1) is 20.1. The van der Waals surface area contributed by atoms with Gasteiger partial charge >= 0.3 is 0 Å². The number of hydrogen-bond donors (Lipinski definition) is 2. The van der Waals surface area contributed by atoms with Crippen LogP contribution in [-0.2, 0) is 24.2 Å². The van der Waals surface area contributed by atoms with Gasteiger partial charge in [-0.2, -0.15) is 0 Å². The number of nitrogens with one attached hydrogen (secondary N) is 2. The molecule has 0 unspecified atom stereocenters. The van der Waals surface area contributed by atoms with Crippen molar-refractivity contribution in [2.75, 3.05) is 31.5 Å². The van der Waals surface area contributed by atoms with Gasteiger partial charge < -0.3 is 15.1 Å². The highest BCUT2D eigenvalue weighted by Crippen LogP contribution is 2.40. The third-order valence-corrected chi connectivity index (χ3v) is 7.24. The van der Waals surface area contributed by atoms with Crippen molar-refractivity contribution in [2.24, 2.45) is 5.92 Å². The predicted octanol–water partition coefficient (Wildman–Crippen LogP) is 2.37. The van der Waals surface area contributed by atoms with Crippen molar-refractivity contribution < 1.29 is 14.5 Å². The lowest BCUT2D eigenvalue weighted by Gasteiger charge is -2.32. The summed E-state index contributed by atoms with van der Waals surface area (Å²) in [6.45, 7) is 8.23. The van der Waals surface area contributed by atoms with Gasteiger partial charge in [-0.1, -0.05) is 37.3 Å². The predicted molar refractivity (Wildman–Crippen MR) is 117 cm³/mol. The monoisotopic (exact) mass is 412 g/mol. The van der Waals surface area contributed by atoms with Gasteiger partial charge in [-0.15, -0.1) is 11.3 Å². The fourth-order valence-corrected chi connectivity index (χ4v) is 5.92. The number of rotatable bonds is 4. The summed E-state index contributed by atoms with van der Waals surface area (Å²) in [5, 5.41) is 3.68. The summed E-state index contributed by atoms with van der Waals surface area (Å²) in [6.07, 6.45) is 3.06. The second-order valence-corrected chi connectivity index (χ2v) is 9.55. The Labute approximate surface area is 176 Å². The van der Waals surface area contributed by atoms with Crippen LogP contribution in [0.15, 0.2) is 30.3 Å². The van der Waals surface area contributed by atoms with E-state index < -0.39 is 0 Å². The van der Waals surface area contributed by atoms with Gasteiger partial charge in [0, 0.05) is 17.4 Å². The molecular formula is C23H30N3O2S+. The van der Waals surface area contributed by atoms with Crippen LogP contribution in [0.1, 0.15) is 46.6 Å². The highest BCUT2D eigenvalue weighted by molar-refractivity contribution is 7.17. The zero-order valence-electron chi connectivity index (χ0n) is 17.3. The molecule has 1 aliphatic carbocycles. The SMILES string of the molecule is CC(=O)Nc1sc2c(c1C(=O)N1CC[NH+](Cc3ccccc3)CC1)CC[C@H](C)C2. The topological polar surface area (TPSA) is 53.9 Å². The molecule has 0 radical (unpaired) electrons. The molecule has 0 spiro atoms. The molecule has 1 aromatic carbocycles. The lowest BCUT2D eigenvalue weighted by molar-refractivity contribution is -0.917. The summed E-state index contributed by atoms with van der Waals surface area (Å²) in [5.41, 5.74) is 3.29. The molecule has 2 aromatic rings. The number of fused-ring (bicyclic) bond motifs is 1. The average Bonchev–Trinajstić information content (AvgIpc) is 3.05. The molecule has 1 saturated heterocycles. The number of carbonyl (C=O) groups is 2. The normalized spacial score (nSPS) is 19.7. The molecule has 2 aliphatic rings. The summed E-state index contributed by atoms with van der Waals surface area (Å²) in [7, 11) is 0. The van der Waals surface area contributed by atoms with E-state index in [1.54, 1.807) is 11.3 Å². The first-order valence-corrected chi connectivity index (χ1v) is 11.4. The smallest absolute Gasteiger partial charge is 0.257 e. The van der Waals surface area contributed by atoms with Crippen LogP contribution in [0.3, 0.4) is 0 Å². The number of nitrogens with zero attached hydrogens (tertiary/aromatic N) is 1. The van der Waals surface area contributed by atoms with Gasteiger partial charge in [0.2, 0.25) is 5.91 Å². The van der Waals surface area contributed by atoms with Gasteiger partial charge in [0.1, 0.15) is 11.5 Å². The maximum absolute atomic E-state index is 13.5. The van der Waals surface area contributed by atoms with Crippen molar-refractivity contribution >= 4 is 28.2 Å². The number of hydrogen-bond acceptors (Lipinski definition) is 3. The third kappa shape index (κ3) is 4.54. The Balaban J connectivity index is 1.48. The Hall–Kier alpha value is -2.18. The molecule has 2 heterocycles. The molecule has 2 amide bonds. The van der Waals surface area contributed by atoms with E-state index >= 15 is 0 Å². The number of carbonyl (C=O) groups excluding carboxylic acids is 2. The van der Waals surface area contributed by atoms with Crippen LogP contribution < -0.4 is 10.2 Å². The Bertz CT molecular complexity index is 885. The fraction of sp³-hybridized carbons (Fsp3) is 0.478. The molecule has 1 atom stereocenters. The van der Waals surface area contributed by atoms with Gasteiger partial charge in [0.15, 0.2) is 0 Å². The van der Waals surface area contributed by atoms with Crippen LogP contribution in [0.25, 0.3) is 0 Å². The third-order valence-electron chi connectivity index (χ3n) is 6.07. The second-order valence-electron chi connectivity index (χ2n) is 8.44. The number of amides is 2. The molecule has 5 nitrogen and oxygen atoms in total. The van der Waals surface area contributed by atoms with E-state index in [4.69, 9.17) is 0 Å². The largest absolute Gasteiger partial charge is 0.328 e. The van der Waals surface area contributed by atoms with Crippen LogP contribution in [-0.4, -0.2) is 42.9 Å². The maximum Gasteiger partial charge on any atom is 0.257 e. The van der Waals surface area contributed by atoms with Crippen molar-refractivity contribution in [1.29, 1.82) is 0 Å². The highest BCUT2D eigenvalue weighted by atomic mass is 32.1. The summed E-state index contributed by atoms with van der Waals surface area (Å²) in [4.78, 5) is 30.0. The Kier molecular flexibility index (Phi) is 6.01. The van der Waals surface area contributed by atoms with E-state index in [0.717, 1.165) is 62.6 Å². The lowest BCUT2D eigenvalue weighted by atomic mass is 9.88. The summed E-state index contributed by atoms with van der Waals surface area (Å²) in [5.74, 6) is 0.627. The van der Waals surface area contributed by atoms with E-state index in [-0.39, 0.29) is 11.8 Å². The van der Waals surface area contributed by atoms with Crippen LogP contribution >= 0.6 is 11.3 Å². The quantitative estimate of drug-likeness (QED) is 0.810. The van der Waals surface area contributed by atoms with Crippen molar-refractivity contribution in [2.45, 2.75) is 39.7 Å². The molecule has 1 fully saturated rings. The minimum atomic E-state index is -0.108. The number of quaternary nitrogens is 1. The molecule has 6 heteroatoms. The number of piperazine rings is 1. The van der Waals surface area contributed by atoms with E-state index in [1.165, 1.54) is 27.8 Å². The van der Waals surface area contributed by atoms with Gasteiger partial charge in [0.05, 0.1) is 31.7 Å². The number of thiophene rings is 1. The van der Waals surface area contributed by atoms with Gasteiger partial charge in [0.25, 0.3) is 5.91 Å². The van der Waals surface area contributed by atoms with Crippen LogP contribution in [0.5, 0.6) is 0 Å². The maximum atomic E-state index is 13.5. The van der Waals surface area contributed by atoms with Crippen LogP contribution in [0.4, 0.5) is 5.00 Å². The molecular weight excluding hydrogens is 382 g/mol. The molecule has 1 aromatic heterocycles. The summed E-state index contributed by atoms with van der Waals surface area (Å²) < 4.78 is 0. The molecule has 2 N–H and O–H groups in total. The highest BCUT2D eigenvalue weighted by Gasteiger charge is 2.32. The number of benzene rings is 1. The van der Waals surface area contributed by atoms with Crippen molar-refractivity contribution in [3.8, 4) is 0 Å². The molecule has 154 valence electrons. The Morgan fingerprint density at radius 1 is 1.21 bits per heavy atom. The van der Waals surface area contributed by atoms with Crippen molar-refractivity contribution in [3.63, 3.8) is 0 Å². The molecule has 4 rings (SSSR count). The molecule has 0 bridgehead atoms. The van der Waals surface area contributed by atoms with Crippen LogP contribution in [0.2, 0.25) is 0 Å². The van der Waals surface area contributed by atoms with E-state index in [0.29, 0.717) is 5.92 Å². The lowest BCUT2D eigenvalue weighted by Crippen LogP contribution is -3.13. The van der Waals surface area contributed by atoms with E-state index in [1.807, 2.05) is 11.0 Å². The fourth-order valence-electron chi connectivity index (χ4n) is 4.47. The number of anilines is 1. The first-order valence-electron chi connectivity index (χ1n) is 10.6. The van der Waals surface area contributed by atoms with Gasteiger partial charge in [-0.25, -0.2) is 0 Å².